The quantitative estimate of drug-likeness (QED) is 0.554. The highest BCUT2D eigenvalue weighted by Gasteiger charge is 2.21. The van der Waals surface area contributed by atoms with E-state index in [0.717, 1.165) is 36.8 Å². The molecule has 0 atom stereocenters. The third-order valence-corrected chi connectivity index (χ3v) is 7.48. The number of amides is 1. The predicted molar refractivity (Wildman–Crippen MR) is 133 cm³/mol. The van der Waals surface area contributed by atoms with Crippen LogP contribution in [0.1, 0.15) is 36.5 Å². The standard InChI is InChI=1S/C26H31N3O3S/c1-2-3-14-28-15-7-16-29(18-17-28)26(30)23-10-6-11-24(19-23)27-33(31,32)25-13-12-21-8-4-5-9-22(21)20-25/h4-6,8-13,19-20,27H,2-3,7,14-18H2,1H3. The molecule has 0 spiro atoms. The van der Waals surface area contributed by atoms with Crippen LogP contribution in [0.2, 0.25) is 0 Å². The fourth-order valence-corrected chi connectivity index (χ4v) is 5.31. The number of carbonyl (C=O) groups is 1. The first-order valence-corrected chi connectivity index (χ1v) is 13.1. The van der Waals surface area contributed by atoms with Crippen molar-refractivity contribution in [1.82, 2.24) is 9.80 Å². The Hall–Kier alpha value is -2.90. The SMILES string of the molecule is CCCCN1CCCN(C(=O)c2cccc(NS(=O)(=O)c3ccc4ccccc4c3)c2)CC1. The summed E-state index contributed by atoms with van der Waals surface area (Å²) < 4.78 is 28.6. The van der Waals surface area contributed by atoms with Crippen molar-refractivity contribution < 1.29 is 13.2 Å². The lowest BCUT2D eigenvalue weighted by Crippen LogP contribution is -2.35. The molecule has 1 amide bonds. The van der Waals surface area contributed by atoms with Crippen LogP contribution in [0.5, 0.6) is 0 Å². The normalized spacial score (nSPS) is 15.4. The van der Waals surface area contributed by atoms with Crippen molar-refractivity contribution in [2.75, 3.05) is 37.4 Å². The van der Waals surface area contributed by atoms with E-state index in [0.29, 0.717) is 24.3 Å². The number of fused-ring (bicyclic) bond motifs is 1. The second-order valence-electron chi connectivity index (χ2n) is 8.54. The summed E-state index contributed by atoms with van der Waals surface area (Å²) in [7, 11) is -3.78. The molecule has 1 saturated heterocycles. The molecule has 1 aliphatic rings. The third-order valence-electron chi connectivity index (χ3n) is 6.10. The lowest BCUT2D eigenvalue weighted by Gasteiger charge is -2.22. The molecule has 0 saturated carbocycles. The Morgan fingerprint density at radius 2 is 1.73 bits per heavy atom. The van der Waals surface area contributed by atoms with Gasteiger partial charge in [0.25, 0.3) is 15.9 Å². The Morgan fingerprint density at radius 3 is 2.55 bits per heavy atom. The van der Waals surface area contributed by atoms with Gasteiger partial charge < -0.3 is 9.80 Å². The number of hydrogen-bond acceptors (Lipinski definition) is 4. The molecule has 174 valence electrons. The topological polar surface area (TPSA) is 69.7 Å². The van der Waals surface area contributed by atoms with Crippen LogP contribution >= 0.6 is 0 Å². The zero-order valence-corrected chi connectivity index (χ0v) is 19.9. The van der Waals surface area contributed by atoms with E-state index in [-0.39, 0.29) is 10.8 Å². The van der Waals surface area contributed by atoms with Gasteiger partial charge in [0.05, 0.1) is 4.90 Å². The molecule has 1 fully saturated rings. The Labute approximate surface area is 196 Å². The van der Waals surface area contributed by atoms with Crippen LogP contribution < -0.4 is 4.72 Å². The Bertz CT molecular complexity index is 1230. The molecule has 1 N–H and O–H groups in total. The van der Waals surface area contributed by atoms with Gasteiger partial charge in [0.1, 0.15) is 0 Å². The summed E-state index contributed by atoms with van der Waals surface area (Å²) in [6, 6.07) is 19.5. The van der Waals surface area contributed by atoms with Gasteiger partial charge in [-0.1, -0.05) is 49.7 Å². The van der Waals surface area contributed by atoms with Gasteiger partial charge in [-0.15, -0.1) is 0 Å². The fraction of sp³-hybridized carbons (Fsp3) is 0.346. The van der Waals surface area contributed by atoms with Crippen LogP contribution in [0, 0.1) is 0 Å². The van der Waals surface area contributed by atoms with Gasteiger partial charge in [0.2, 0.25) is 0 Å². The van der Waals surface area contributed by atoms with Crippen molar-refractivity contribution >= 4 is 32.4 Å². The summed E-state index contributed by atoms with van der Waals surface area (Å²) in [5, 5.41) is 1.84. The summed E-state index contributed by atoms with van der Waals surface area (Å²) in [5.74, 6) is -0.0564. The summed E-state index contributed by atoms with van der Waals surface area (Å²) >= 11 is 0. The van der Waals surface area contributed by atoms with E-state index in [1.54, 1.807) is 42.5 Å². The molecule has 4 rings (SSSR count). The molecular formula is C26H31N3O3S. The number of nitrogens with one attached hydrogen (secondary N) is 1. The maximum absolute atomic E-state index is 13.1. The second kappa shape index (κ2) is 10.4. The molecule has 0 aromatic heterocycles. The van der Waals surface area contributed by atoms with Crippen molar-refractivity contribution in [3.8, 4) is 0 Å². The Balaban J connectivity index is 1.47. The highest BCUT2D eigenvalue weighted by atomic mass is 32.2. The summed E-state index contributed by atoms with van der Waals surface area (Å²) in [4.78, 5) is 17.6. The maximum Gasteiger partial charge on any atom is 0.261 e. The zero-order chi connectivity index (χ0) is 23.3. The van der Waals surface area contributed by atoms with Gasteiger partial charge in [0, 0.05) is 30.9 Å². The van der Waals surface area contributed by atoms with Crippen LogP contribution in [0.15, 0.2) is 71.6 Å². The lowest BCUT2D eigenvalue weighted by atomic mass is 10.1. The van der Waals surface area contributed by atoms with Crippen molar-refractivity contribution in [3.05, 3.63) is 72.3 Å². The average molecular weight is 466 g/mol. The number of anilines is 1. The van der Waals surface area contributed by atoms with E-state index < -0.39 is 10.0 Å². The monoisotopic (exact) mass is 465 g/mol. The first kappa shape index (κ1) is 23.3. The summed E-state index contributed by atoms with van der Waals surface area (Å²) in [6.45, 7) is 6.55. The number of hydrogen-bond donors (Lipinski definition) is 1. The highest BCUT2D eigenvalue weighted by molar-refractivity contribution is 7.92. The Kier molecular flexibility index (Phi) is 7.30. The molecule has 33 heavy (non-hydrogen) atoms. The molecule has 1 heterocycles. The van der Waals surface area contributed by atoms with Crippen molar-refractivity contribution in [1.29, 1.82) is 0 Å². The van der Waals surface area contributed by atoms with Crippen LogP contribution in [-0.4, -0.2) is 56.8 Å². The van der Waals surface area contributed by atoms with Crippen molar-refractivity contribution in [3.63, 3.8) is 0 Å². The van der Waals surface area contributed by atoms with Gasteiger partial charge in [0.15, 0.2) is 0 Å². The van der Waals surface area contributed by atoms with E-state index in [9.17, 15) is 13.2 Å². The number of rotatable bonds is 7. The molecule has 0 radical (unpaired) electrons. The molecular weight excluding hydrogens is 434 g/mol. The molecule has 0 unspecified atom stereocenters. The van der Waals surface area contributed by atoms with Gasteiger partial charge in [-0.2, -0.15) is 0 Å². The van der Waals surface area contributed by atoms with Crippen molar-refractivity contribution in [2.24, 2.45) is 0 Å². The third kappa shape index (κ3) is 5.72. The zero-order valence-electron chi connectivity index (χ0n) is 19.0. The van der Waals surface area contributed by atoms with Crippen LogP contribution in [0.4, 0.5) is 5.69 Å². The van der Waals surface area contributed by atoms with E-state index in [4.69, 9.17) is 0 Å². The van der Waals surface area contributed by atoms with E-state index in [1.165, 1.54) is 12.8 Å². The first-order valence-electron chi connectivity index (χ1n) is 11.6. The molecule has 6 nitrogen and oxygen atoms in total. The van der Waals surface area contributed by atoms with E-state index >= 15 is 0 Å². The number of benzene rings is 3. The van der Waals surface area contributed by atoms with Crippen LogP contribution in [0.25, 0.3) is 10.8 Å². The van der Waals surface area contributed by atoms with E-state index in [2.05, 4.69) is 16.5 Å². The molecule has 3 aromatic rings. The minimum Gasteiger partial charge on any atom is -0.337 e. The molecule has 7 heteroatoms. The number of unbranched alkanes of at least 4 members (excludes halogenated alkanes) is 1. The largest absolute Gasteiger partial charge is 0.337 e. The number of nitrogens with zero attached hydrogens (tertiary/aromatic N) is 2. The van der Waals surface area contributed by atoms with E-state index in [1.807, 2.05) is 29.2 Å². The summed E-state index contributed by atoms with van der Waals surface area (Å²) in [6.07, 6.45) is 3.29. The Morgan fingerprint density at radius 1 is 0.909 bits per heavy atom. The van der Waals surface area contributed by atoms with Gasteiger partial charge >= 0.3 is 0 Å². The molecule has 3 aromatic carbocycles. The molecule has 0 aliphatic carbocycles. The summed E-state index contributed by atoms with van der Waals surface area (Å²) in [5.41, 5.74) is 0.879. The second-order valence-corrected chi connectivity index (χ2v) is 10.2. The number of sulfonamides is 1. The first-order chi connectivity index (χ1) is 16.0. The number of carbonyl (C=O) groups excluding carboxylic acids is 1. The molecule has 0 bridgehead atoms. The van der Waals surface area contributed by atoms with Crippen molar-refractivity contribution in [2.45, 2.75) is 31.1 Å². The fourth-order valence-electron chi connectivity index (χ4n) is 4.23. The van der Waals surface area contributed by atoms with Gasteiger partial charge in [-0.3, -0.25) is 9.52 Å². The average Bonchev–Trinajstić information content (AvgIpc) is 3.07. The van der Waals surface area contributed by atoms with Crippen LogP contribution in [0.3, 0.4) is 0 Å². The molecule has 1 aliphatic heterocycles. The van der Waals surface area contributed by atoms with Crippen LogP contribution in [-0.2, 0) is 10.0 Å². The maximum atomic E-state index is 13.1. The predicted octanol–water partition coefficient (Wildman–Crippen LogP) is 4.59. The van der Waals surface area contributed by atoms with Gasteiger partial charge in [-0.25, -0.2) is 8.42 Å². The smallest absolute Gasteiger partial charge is 0.261 e. The van der Waals surface area contributed by atoms with Gasteiger partial charge in [-0.05, 0) is 67.0 Å². The lowest BCUT2D eigenvalue weighted by molar-refractivity contribution is 0.0761. The minimum absolute atomic E-state index is 0.0564. The highest BCUT2D eigenvalue weighted by Crippen LogP contribution is 2.22. The minimum atomic E-state index is -3.78.